The van der Waals surface area contributed by atoms with E-state index in [9.17, 15) is 4.79 Å². The fourth-order valence-corrected chi connectivity index (χ4v) is 2.30. The highest BCUT2D eigenvalue weighted by molar-refractivity contribution is 7.15. The third-order valence-electron chi connectivity index (χ3n) is 2.11. The van der Waals surface area contributed by atoms with Gasteiger partial charge in [0.15, 0.2) is 5.69 Å². The maximum atomic E-state index is 11.8. The largest absolute Gasteiger partial charge is 0.295 e. The number of aromatic nitrogens is 5. The predicted octanol–water partition coefficient (Wildman–Crippen LogP) is 1.12. The molecule has 0 spiro atoms. The molecule has 0 saturated heterocycles. The zero-order valence-electron chi connectivity index (χ0n) is 10.4. The Labute approximate surface area is 108 Å². The van der Waals surface area contributed by atoms with Gasteiger partial charge in [-0.15, -0.1) is 15.3 Å². The van der Waals surface area contributed by atoms with Crippen molar-refractivity contribution in [3.8, 4) is 0 Å². The molecule has 0 bridgehead atoms. The van der Waals surface area contributed by atoms with Crippen LogP contribution in [0.4, 0.5) is 5.13 Å². The van der Waals surface area contributed by atoms with Gasteiger partial charge in [-0.05, 0) is 5.92 Å². The molecule has 2 aromatic rings. The summed E-state index contributed by atoms with van der Waals surface area (Å²) < 4.78 is 1.47. The van der Waals surface area contributed by atoms with Gasteiger partial charge in [0.1, 0.15) is 5.01 Å². The van der Waals surface area contributed by atoms with Crippen LogP contribution in [0.3, 0.4) is 0 Å². The van der Waals surface area contributed by atoms with Gasteiger partial charge in [0, 0.05) is 13.5 Å². The number of aryl methyl sites for hydroxylation is 1. The standard InChI is InChI=1S/C10H14N6OS/c1-6(2)4-8-13-14-10(18-8)11-9(17)7-5-16(3)15-12-7/h5-6H,4H2,1-3H3,(H,11,14,17). The molecule has 0 saturated carbocycles. The fraction of sp³-hybridized carbons (Fsp3) is 0.500. The molecule has 2 rings (SSSR count). The number of hydrogen-bond donors (Lipinski definition) is 1. The Hall–Kier alpha value is -1.83. The first kappa shape index (κ1) is 12.6. The average molecular weight is 266 g/mol. The molecule has 2 heterocycles. The SMILES string of the molecule is CC(C)Cc1nnc(NC(=O)c2cn(C)nn2)s1. The van der Waals surface area contributed by atoms with Gasteiger partial charge >= 0.3 is 0 Å². The Morgan fingerprint density at radius 2 is 2.22 bits per heavy atom. The Bertz CT molecular complexity index is 546. The van der Waals surface area contributed by atoms with E-state index in [0.717, 1.165) is 11.4 Å². The number of nitrogens with zero attached hydrogens (tertiary/aromatic N) is 5. The van der Waals surface area contributed by atoms with Gasteiger partial charge in [-0.1, -0.05) is 30.4 Å². The quantitative estimate of drug-likeness (QED) is 0.896. The Morgan fingerprint density at radius 3 is 2.83 bits per heavy atom. The van der Waals surface area contributed by atoms with Crippen molar-refractivity contribution in [3.05, 3.63) is 16.9 Å². The second kappa shape index (κ2) is 5.21. The van der Waals surface area contributed by atoms with Crippen molar-refractivity contribution >= 4 is 22.4 Å². The van der Waals surface area contributed by atoms with Crippen LogP contribution in [0, 0.1) is 5.92 Å². The third kappa shape index (κ3) is 3.10. The molecule has 0 aliphatic rings. The fourth-order valence-electron chi connectivity index (χ4n) is 1.35. The Morgan fingerprint density at radius 1 is 1.44 bits per heavy atom. The van der Waals surface area contributed by atoms with E-state index in [1.807, 2.05) is 0 Å². The number of nitrogens with one attached hydrogen (secondary N) is 1. The monoisotopic (exact) mass is 266 g/mol. The molecule has 2 aromatic heterocycles. The number of hydrogen-bond acceptors (Lipinski definition) is 6. The second-order valence-electron chi connectivity index (χ2n) is 4.33. The zero-order valence-corrected chi connectivity index (χ0v) is 11.2. The van der Waals surface area contributed by atoms with Crippen molar-refractivity contribution in [1.82, 2.24) is 25.2 Å². The van der Waals surface area contributed by atoms with Crippen molar-refractivity contribution in [2.24, 2.45) is 13.0 Å². The van der Waals surface area contributed by atoms with Crippen molar-refractivity contribution < 1.29 is 4.79 Å². The molecule has 18 heavy (non-hydrogen) atoms. The van der Waals surface area contributed by atoms with Crippen LogP contribution in [-0.4, -0.2) is 31.1 Å². The smallest absolute Gasteiger partial charge is 0.279 e. The summed E-state index contributed by atoms with van der Waals surface area (Å²) in [6, 6.07) is 0. The molecule has 0 aliphatic carbocycles. The first-order valence-electron chi connectivity index (χ1n) is 5.54. The molecule has 0 unspecified atom stereocenters. The number of anilines is 1. The summed E-state index contributed by atoms with van der Waals surface area (Å²) in [4.78, 5) is 11.8. The van der Waals surface area contributed by atoms with Gasteiger partial charge < -0.3 is 0 Å². The lowest BCUT2D eigenvalue weighted by Crippen LogP contribution is -2.12. The average Bonchev–Trinajstić information content (AvgIpc) is 2.87. The minimum atomic E-state index is -0.324. The van der Waals surface area contributed by atoms with Crippen molar-refractivity contribution in [2.75, 3.05) is 5.32 Å². The summed E-state index contributed by atoms with van der Waals surface area (Å²) in [5.41, 5.74) is 0.262. The van der Waals surface area contributed by atoms with Crippen molar-refractivity contribution in [3.63, 3.8) is 0 Å². The van der Waals surface area contributed by atoms with Crippen LogP contribution in [0.2, 0.25) is 0 Å². The number of rotatable bonds is 4. The molecule has 0 aromatic carbocycles. The van der Waals surface area contributed by atoms with E-state index in [1.165, 1.54) is 16.0 Å². The molecule has 0 aliphatic heterocycles. The zero-order chi connectivity index (χ0) is 13.1. The molecular formula is C10H14N6OS. The maximum Gasteiger partial charge on any atom is 0.279 e. The highest BCUT2D eigenvalue weighted by Crippen LogP contribution is 2.18. The van der Waals surface area contributed by atoms with Crippen LogP contribution >= 0.6 is 11.3 Å². The molecule has 1 N–H and O–H groups in total. The molecule has 0 atom stereocenters. The number of carbonyl (C=O) groups excluding carboxylic acids is 1. The van der Waals surface area contributed by atoms with E-state index < -0.39 is 0 Å². The van der Waals surface area contributed by atoms with Crippen molar-refractivity contribution in [1.29, 1.82) is 0 Å². The van der Waals surface area contributed by atoms with Crippen LogP contribution in [0.5, 0.6) is 0 Å². The van der Waals surface area contributed by atoms with Gasteiger partial charge in [-0.3, -0.25) is 14.8 Å². The minimum Gasteiger partial charge on any atom is -0.295 e. The molecule has 96 valence electrons. The topological polar surface area (TPSA) is 85.6 Å². The number of amides is 1. The molecule has 7 nitrogen and oxygen atoms in total. The normalized spacial score (nSPS) is 10.9. The van der Waals surface area contributed by atoms with Crippen LogP contribution < -0.4 is 5.32 Å². The molecular weight excluding hydrogens is 252 g/mol. The van der Waals surface area contributed by atoms with E-state index in [4.69, 9.17) is 0 Å². The summed E-state index contributed by atoms with van der Waals surface area (Å²) in [5, 5.41) is 19.4. The first-order valence-corrected chi connectivity index (χ1v) is 6.36. The van der Waals surface area contributed by atoms with Gasteiger partial charge in [-0.25, -0.2) is 0 Å². The van der Waals surface area contributed by atoms with Crippen LogP contribution in [0.15, 0.2) is 6.20 Å². The summed E-state index contributed by atoms with van der Waals surface area (Å²) in [6.45, 7) is 4.22. The summed E-state index contributed by atoms with van der Waals surface area (Å²) in [7, 11) is 1.70. The lowest BCUT2D eigenvalue weighted by molar-refractivity contribution is 0.102. The van der Waals surface area contributed by atoms with Gasteiger partial charge in [0.25, 0.3) is 5.91 Å². The highest BCUT2D eigenvalue weighted by Gasteiger charge is 2.13. The molecule has 1 amide bonds. The second-order valence-corrected chi connectivity index (χ2v) is 5.39. The maximum absolute atomic E-state index is 11.8. The predicted molar refractivity (Wildman–Crippen MR) is 67.4 cm³/mol. The minimum absolute atomic E-state index is 0.262. The van der Waals surface area contributed by atoms with Crippen LogP contribution in [-0.2, 0) is 13.5 Å². The Kier molecular flexibility index (Phi) is 3.66. The number of carbonyl (C=O) groups is 1. The van der Waals surface area contributed by atoms with Gasteiger partial charge in [0.05, 0.1) is 6.20 Å². The molecule has 0 radical (unpaired) electrons. The summed E-state index contributed by atoms with van der Waals surface area (Å²) in [5.74, 6) is 0.192. The van der Waals surface area contributed by atoms with E-state index in [1.54, 1.807) is 13.2 Å². The van der Waals surface area contributed by atoms with Crippen molar-refractivity contribution in [2.45, 2.75) is 20.3 Å². The lowest BCUT2D eigenvalue weighted by atomic mass is 10.1. The van der Waals surface area contributed by atoms with E-state index in [2.05, 4.69) is 39.7 Å². The highest BCUT2D eigenvalue weighted by atomic mass is 32.1. The summed E-state index contributed by atoms with van der Waals surface area (Å²) >= 11 is 1.38. The van der Waals surface area contributed by atoms with Gasteiger partial charge in [-0.2, -0.15) is 0 Å². The van der Waals surface area contributed by atoms with Gasteiger partial charge in [0.2, 0.25) is 5.13 Å². The summed E-state index contributed by atoms with van der Waals surface area (Å²) in [6.07, 6.45) is 2.41. The lowest BCUT2D eigenvalue weighted by Gasteiger charge is -1.97. The molecule has 0 fully saturated rings. The van der Waals surface area contributed by atoms with E-state index in [-0.39, 0.29) is 11.6 Å². The van der Waals surface area contributed by atoms with Crippen LogP contribution in [0.25, 0.3) is 0 Å². The van der Waals surface area contributed by atoms with Crippen LogP contribution in [0.1, 0.15) is 29.3 Å². The Balaban J connectivity index is 2.01. The van der Waals surface area contributed by atoms with E-state index in [0.29, 0.717) is 11.0 Å². The molecule has 8 heteroatoms. The third-order valence-corrected chi connectivity index (χ3v) is 2.97. The first-order chi connectivity index (χ1) is 8.54. The van der Waals surface area contributed by atoms with E-state index >= 15 is 0 Å².